The van der Waals surface area contributed by atoms with E-state index >= 15 is 0 Å². The Morgan fingerprint density at radius 2 is 1.25 bits per heavy atom. The van der Waals surface area contributed by atoms with E-state index in [9.17, 15) is 0 Å². The van der Waals surface area contributed by atoms with Crippen LogP contribution in [0.25, 0.3) is 0 Å². The van der Waals surface area contributed by atoms with Crippen LogP contribution in [0.5, 0.6) is 0 Å². The van der Waals surface area contributed by atoms with Crippen molar-refractivity contribution in [3.05, 3.63) is 0 Å². The van der Waals surface area contributed by atoms with E-state index in [1.807, 2.05) is 0 Å². The molecule has 0 aromatic carbocycles. The van der Waals surface area contributed by atoms with E-state index in [1.54, 1.807) is 0 Å². The van der Waals surface area contributed by atoms with Gasteiger partial charge in [0, 0.05) is 0 Å². The maximum atomic E-state index is 2.30. The van der Waals surface area contributed by atoms with Crippen molar-refractivity contribution >= 4 is 32.1 Å². The third-order valence-electron chi connectivity index (χ3n) is 0. The van der Waals surface area contributed by atoms with Gasteiger partial charge in [0.15, 0.2) is 0 Å². The second-order valence-corrected chi connectivity index (χ2v) is 3.35. The van der Waals surface area contributed by atoms with Gasteiger partial charge in [-0.2, -0.15) is 0 Å². The van der Waals surface area contributed by atoms with Gasteiger partial charge in [-0.05, 0) is 11.0 Å². The molecular weight excluding hydrogens is 171 g/mol. The van der Waals surface area contributed by atoms with Gasteiger partial charge in [0.05, 0.1) is 0 Å². The summed E-state index contributed by atoms with van der Waals surface area (Å²) in [4.78, 5) is 4.59. The molecule has 0 aromatic heterocycles. The number of hydrogen-bond acceptors (Lipinski definition) is 0. The van der Waals surface area contributed by atoms with Crippen LogP contribution in [0.2, 0.25) is 9.88 Å². The van der Waals surface area contributed by atoms with Crippen LogP contribution in [0.15, 0.2) is 0 Å². The van der Waals surface area contributed by atoms with Crippen LogP contribution >= 0.6 is 0 Å². The maximum Gasteiger partial charge on any atom is -0.0149 e. The normalized spacial score (nSPS) is 4.50. The molecule has 4 heavy (non-hydrogen) atoms. The third kappa shape index (κ3) is 11.9. The van der Waals surface area contributed by atoms with Crippen molar-refractivity contribution in [2.45, 2.75) is 9.88 Å². The molecule has 26 valence electrons. The number of hydrogen-bond donors (Lipinski definition) is 0. The molecule has 0 aliphatic carbocycles. The minimum Gasteiger partial charge on any atom is -0.0149 e. The Bertz CT molecular complexity index is 6.00. The maximum absolute atomic E-state index is 2.30. The van der Waals surface area contributed by atoms with Gasteiger partial charge < -0.3 is 0 Å². The monoisotopic (exact) mass is 182 g/mol. The Morgan fingerprint density at radius 1 is 1.25 bits per heavy atom. The summed E-state index contributed by atoms with van der Waals surface area (Å²) in [6, 6.07) is 0. The van der Waals surface area contributed by atoms with Crippen molar-refractivity contribution in [1.82, 2.24) is 0 Å². The molecule has 0 rings (SSSR count). The molecule has 0 bridgehead atoms. The van der Waals surface area contributed by atoms with E-state index in [2.05, 4.69) is 9.88 Å². The summed E-state index contributed by atoms with van der Waals surface area (Å²) in [6.07, 6.45) is 0. The van der Waals surface area contributed by atoms with E-state index in [-0.39, 0.29) is 32.1 Å². The van der Waals surface area contributed by atoms with Crippen molar-refractivity contribution in [1.29, 1.82) is 0 Å². The molecule has 0 amide bonds. The first-order valence-corrected chi connectivity index (χ1v) is 6.71. The predicted molar refractivity (Wildman–Crippen MR) is 28.8 cm³/mol. The Morgan fingerprint density at radius 3 is 1.25 bits per heavy atom. The van der Waals surface area contributed by atoms with Gasteiger partial charge in [-0.25, -0.2) is 0 Å². The summed E-state index contributed by atoms with van der Waals surface area (Å²) in [7, 11) is 0. The molecule has 0 saturated heterocycles. The zero-order chi connectivity index (χ0) is 2.71. The zero-order valence-electron chi connectivity index (χ0n) is 2.50. The second kappa shape index (κ2) is 8.99. The first kappa shape index (κ1) is 8.89. The summed E-state index contributed by atoms with van der Waals surface area (Å²) >= 11 is 0.230. The van der Waals surface area contributed by atoms with Gasteiger partial charge >= 0.3 is 31.0 Å². The minimum absolute atomic E-state index is 0. The molecule has 0 saturated carbocycles. The fraction of sp³-hybridized carbons (Fsp3) is 1.00. The molecule has 0 atom stereocenters. The van der Waals surface area contributed by atoms with E-state index < -0.39 is 0 Å². The molecule has 0 unspecified atom stereocenters. The van der Waals surface area contributed by atoms with Crippen molar-refractivity contribution in [2.24, 2.45) is 0 Å². The van der Waals surface area contributed by atoms with Crippen LogP contribution in [0.1, 0.15) is 0 Å². The van der Waals surface area contributed by atoms with Crippen molar-refractivity contribution in [2.75, 3.05) is 0 Å². The summed E-state index contributed by atoms with van der Waals surface area (Å²) in [5.41, 5.74) is 0. The van der Waals surface area contributed by atoms with E-state index in [1.165, 1.54) is 0 Å². The SMILES string of the molecule is [CH3][Sn][CH3].[SiH4]. The second-order valence-electron chi connectivity index (χ2n) is 0.500. The van der Waals surface area contributed by atoms with Gasteiger partial charge in [0.25, 0.3) is 0 Å². The van der Waals surface area contributed by atoms with Crippen LogP contribution in [0.3, 0.4) is 0 Å². The van der Waals surface area contributed by atoms with Crippen LogP contribution in [0.4, 0.5) is 0 Å². The van der Waals surface area contributed by atoms with Gasteiger partial charge in [0.2, 0.25) is 0 Å². The first-order chi connectivity index (χ1) is 1.41. The Labute approximate surface area is 42.2 Å². The molecule has 0 spiro atoms. The van der Waals surface area contributed by atoms with Crippen molar-refractivity contribution in [3.8, 4) is 0 Å². The van der Waals surface area contributed by atoms with Crippen LogP contribution in [0, 0.1) is 0 Å². The molecule has 0 nitrogen and oxygen atoms in total. The summed E-state index contributed by atoms with van der Waals surface area (Å²) < 4.78 is 0. The van der Waals surface area contributed by atoms with Gasteiger partial charge in [-0.1, -0.05) is 0 Å². The van der Waals surface area contributed by atoms with Gasteiger partial charge in [-0.15, -0.1) is 0 Å². The Balaban J connectivity index is 0. The van der Waals surface area contributed by atoms with Crippen LogP contribution < -0.4 is 0 Å². The van der Waals surface area contributed by atoms with Crippen molar-refractivity contribution < 1.29 is 0 Å². The molecule has 2 heteroatoms. The number of rotatable bonds is 0. The van der Waals surface area contributed by atoms with Crippen molar-refractivity contribution in [3.63, 3.8) is 0 Å². The third-order valence-corrected chi connectivity index (χ3v) is 0. The molecule has 0 aliphatic rings. The average Bonchev–Trinajstić information content (AvgIpc) is 0.918. The zero-order valence-corrected chi connectivity index (χ0v) is 5.35. The van der Waals surface area contributed by atoms with E-state index in [4.69, 9.17) is 0 Å². The Hall–Kier alpha value is 1.02. The molecule has 2 radical (unpaired) electrons. The topological polar surface area (TPSA) is 0 Å². The molecule has 0 aliphatic heterocycles. The molecule has 0 fully saturated rings. The fourth-order valence-corrected chi connectivity index (χ4v) is 0. The Kier molecular flexibility index (Phi) is 20.0. The van der Waals surface area contributed by atoms with Crippen LogP contribution in [-0.4, -0.2) is 32.1 Å². The summed E-state index contributed by atoms with van der Waals surface area (Å²) in [6.45, 7) is 0. The van der Waals surface area contributed by atoms with Gasteiger partial charge in [-0.3, -0.25) is 0 Å². The quantitative estimate of drug-likeness (QED) is 0.435. The largest absolute Gasteiger partial charge is 0.0149 e. The smallest absolute Gasteiger partial charge is 0.0149 e. The van der Waals surface area contributed by atoms with E-state index in [0.29, 0.717) is 0 Å². The van der Waals surface area contributed by atoms with Crippen LogP contribution in [-0.2, 0) is 0 Å². The standard InChI is InChI=1S/2CH3.H4Si.Sn/h2*1H3;1H4;. The molecule has 0 N–H and O–H groups in total. The first-order valence-electron chi connectivity index (χ1n) is 1.00. The predicted octanol–water partition coefficient (Wildman–Crippen LogP) is -0.665. The fourth-order valence-electron chi connectivity index (χ4n) is 0. The minimum atomic E-state index is 0. The average molecular weight is 181 g/mol. The molecular formula is C2H10SiSn. The van der Waals surface area contributed by atoms with E-state index in [0.717, 1.165) is 0 Å². The molecule has 0 heterocycles. The summed E-state index contributed by atoms with van der Waals surface area (Å²) in [5, 5.41) is 0. The summed E-state index contributed by atoms with van der Waals surface area (Å²) in [5.74, 6) is 0. The van der Waals surface area contributed by atoms with Gasteiger partial charge in [0.1, 0.15) is 0 Å². The molecule has 0 aromatic rings.